The third kappa shape index (κ3) is 2.87. The van der Waals surface area contributed by atoms with E-state index in [1.54, 1.807) is 6.08 Å². The molecule has 5 heteroatoms. The second-order valence-corrected chi connectivity index (χ2v) is 3.32. The van der Waals surface area contributed by atoms with Gasteiger partial charge in [0.25, 0.3) is 0 Å². The molecule has 0 saturated carbocycles. The molecule has 1 rings (SSSR count). The van der Waals surface area contributed by atoms with Crippen LogP contribution in [0, 0.1) is 0 Å². The average Bonchev–Trinajstić information content (AvgIpc) is 2.15. The first-order valence-electron chi connectivity index (χ1n) is 3.64. The zero-order valence-corrected chi connectivity index (χ0v) is 7.58. The van der Waals surface area contributed by atoms with Crippen LogP contribution in [0.3, 0.4) is 0 Å². The van der Waals surface area contributed by atoms with Gasteiger partial charge in [0.1, 0.15) is 12.4 Å². The van der Waals surface area contributed by atoms with Crippen molar-refractivity contribution in [3.8, 4) is 0 Å². The van der Waals surface area contributed by atoms with Gasteiger partial charge in [-0.1, -0.05) is 0 Å². The van der Waals surface area contributed by atoms with Crippen LogP contribution in [-0.4, -0.2) is 26.2 Å². The normalized spacial score (nSPS) is 15.1. The Kier molecular flexibility index (Phi) is 3.45. The first-order chi connectivity index (χ1) is 6.24. The molecular formula is C8H8O4S. The van der Waals surface area contributed by atoms with Crippen molar-refractivity contribution in [2.75, 3.05) is 6.61 Å². The second kappa shape index (κ2) is 4.61. The Bertz CT molecular complexity index is 378. The highest BCUT2D eigenvalue weighted by atomic mass is 32.2. The fourth-order valence-electron chi connectivity index (χ4n) is 0.873. The van der Waals surface area contributed by atoms with Gasteiger partial charge in [0.15, 0.2) is 6.29 Å². The number of allylic oxidation sites excluding steroid dienone is 3. The predicted molar refractivity (Wildman–Crippen MR) is 47.8 cm³/mol. The summed E-state index contributed by atoms with van der Waals surface area (Å²) in [6.45, 7) is -0.00797. The van der Waals surface area contributed by atoms with Crippen LogP contribution in [0.1, 0.15) is 6.42 Å². The number of aldehydes is 1. The number of carbonyl (C=O) groups is 1. The van der Waals surface area contributed by atoms with Crippen molar-refractivity contribution in [1.29, 1.82) is 0 Å². The molecule has 0 N–H and O–H groups in total. The first-order valence-corrected chi connectivity index (χ1v) is 4.71. The molecule has 13 heavy (non-hydrogen) atoms. The lowest BCUT2D eigenvalue weighted by atomic mass is 10.2. The Balaban J connectivity index is 2.65. The molecule has 0 aromatic heterocycles. The van der Waals surface area contributed by atoms with Gasteiger partial charge in [-0.3, -0.25) is 4.79 Å². The molecule has 1 aliphatic rings. The van der Waals surface area contributed by atoms with Crippen molar-refractivity contribution in [2.24, 2.45) is 0 Å². The molecule has 0 fully saturated rings. The monoisotopic (exact) mass is 200 g/mol. The van der Waals surface area contributed by atoms with Gasteiger partial charge in [-0.05, 0) is 18.2 Å². The number of ether oxygens (including phenoxy) is 1. The maximum atomic E-state index is 10.5. The van der Waals surface area contributed by atoms with Crippen LogP contribution in [0.5, 0.6) is 0 Å². The first kappa shape index (κ1) is 9.73. The van der Waals surface area contributed by atoms with Crippen LogP contribution in [0.25, 0.3) is 0 Å². The zero-order valence-electron chi connectivity index (χ0n) is 6.76. The quantitative estimate of drug-likeness (QED) is 0.478. The SMILES string of the molecule is O=CCOC1=CCC(=S(=O)=O)C=C1. The molecule has 0 saturated heterocycles. The van der Waals surface area contributed by atoms with E-state index in [0.717, 1.165) is 0 Å². The van der Waals surface area contributed by atoms with Crippen molar-refractivity contribution in [1.82, 2.24) is 0 Å². The van der Waals surface area contributed by atoms with Crippen LogP contribution < -0.4 is 0 Å². The highest BCUT2D eigenvalue weighted by Crippen LogP contribution is 2.08. The van der Waals surface area contributed by atoms with Gasteiger partial charge in [0, 0.05) is 6.42 Å². The van der Waals surface area contributed by atoms with Crippen LogP contribution in [0.2, 0.25) is 0 Å². The van der Waals surface area contributed by atoms with Gasteiger partial charge in [0.05, 0.1) is 4.86 Å². The van der Waals surface area contributed by atoms with E-state index < -0.39 is 10.3 Å². The Labute approximate surface area is 77.0 Å². The van der Waals surface area contributed by atoms with Crippen LogP contribution >= 0.6 is 0 Å². The molecule has 0 heterocycles. The Morgan fingerprint density at radius 3 is 2.69 bits per heavy atom. The summed E-state index contributed by atoms with van der Waals surface area (Å²) in [6.07, 6.45) is 5.57. The van der Waals surface area contributed by atoms with E-state index in [-0.39, 0.29) is 6.61 Å². The van der Waals surface area contributed by atoms with E-state index in [1.165, 1.54) is 12.2 Å². The van der Waals surface area contributed by atoms with Gasteiger partial charge < -0.3 is 4.74 Å². The minimum absolute atomic E-state index is 0.00797. The summed E-state index contributed by atoms with van der Waals surface area (Å²) in [5.74, 6) is 0.529. The second-order valence-electron chi connectivity index (χ2n) is 2.32. The molecule has 0 bridgehead atoms. The minimum Gasteiger partial charge on any atom is -0.486 e. The van der Waals surface area contributed by atoms with Crippen molar-refractivity contribution in [3.63, 3.8) is 0 Å². The van der Waals surface area contributed by atoms with Gasteiger partial charge in [0.2, 0.25) is 10.3 Å². The highest BCUT2D eigenvalue weighted by molar-refractivity contribution is 7.73. The third-order valence-electron chi connectivity index (χ3n) is 1.47. The summed E-state index contributed by atoms with van der Waals surface area (Å²) in [5.41, 5.74) is 0. The Morgan fingerprint density at radius 2 is 2.23 bits per heavy atom. The van der Waals surface area contributed by atoms with E-state index in [9.17, 15) is 13.2 Å². The maximum absolute atomic E-state index is 10.5. The fourth-order valence-corrected chi connectivity index (χ4v) is 1.27. The molecular weight excluding hydrogens is 192 g/mol. The fraction of sp³-hybridized carbons (Fsp3) is 0.250. The van der Waals surface area contributed by atoms with E-state index >= 15 is 0 Å². The summed E-state index contributed by atoms with van der Waals surface area (Å²) in [4.78, 5) is 10.3. The van der Waals surface area contributed by atoms with E-state index in [1.807, 2.05) is 0 Å². The number of hydrogen-bond acceptors (Lipinski definition) is 4. The van der Waals surface area contributed by atoms with Gasteiger partial charge in [-0.2, -0.15) is 8.42 Å². The number of hydrogen-bond donors (Lipinski definition) is 0. The lowest BCUT2D eigenvalue weighted by Gasteiger charge is -2.06. The third-order valence-corrected chi connectivity index (χ3v) is 2.20. The van der Waals surface area contributed by atoms with E-state index in [4.69, 9.17) is 4.74 Å². The van der Waals surface area contributed by atoms with Crippen molar-refractivity contribution >= 4 is 21.4 Å². The summed E-state index contributed by atoms with van der Waals surface area (Å²) >= 11 is 0. The van der Waals surface area contributed by atoms with Crippen LogP contribution in [-0.2, 0) is 19.8 Å². The molecule has 0 amide bonds. The molecule has 1 aliphatic carbocycles. The number of carbonyl (C=O) groups excluding carboxylic acids is 1. The van der Waals surface area contributed by atoms with Crippen LogP contribution in [0.15, 0.2) is 24.0 Å². The lowest BCUT2D eigenvalue weighted by molar-refractivity contribution is -0.110. The van der Waals surface area contributed by atoms with Crippen molar-refractivity contribution in [3.05, 3.63) is 24.0 Å². The lowest BCUT2D eigenvalue weighted by Crippen LogP contribution is -2.02. The number of rotatable bonds is 3. The maximum Gasteiger partial charge on any atom is 0.217 e. The Hall–Kier alpha value is -1.36. The molecule has 0 radical (unpaired) electrons. The van der Waals surface area contributed by atoms with Crippen LogP contribution in [0.4, 0.5) is 0 Å². The Morgan fingerprint density at radius 1 is 1.46 bits per heavy atom. The largest absolute Gasteiger partial charge is 0.486 e. The highest BCUT2D eigenvalue weighted by Gasteiger charge is 2.03. The van der Waals surface area contributed by atoms with Gasteiger partial charge >= 0.3 is 0 Å². The standard InChI is InChI=1S/C8H8O4S/c9-5-6-12-7-1-3-8(4-2-7)13(10)11/h1-3,5H,4,6H2. The van der Waals surface area contributed by atoms with Crippen molar-refractivity contribution < 1.29 is 17.9 Å². The molecule has 70 valence electrons. The molecule has 0 aromatic carbocycles. The summed E-state index contributed by atoms with van der Waals surface area (Å²) in [5, 5.41) is 0. The summed E-state index contributed by atoms with van der Waals surface area (Å²) in [7, 11) is -2.16. The molecule has 4 nitrogen and oxygen atoms in total. The van der Waals surface area contributed by atoms with Gasteiger partial charge in [-0.15, -0.1) is 0 Å². The average molecular weight is 200 g/mol. The minimum atomic E-state index is -2.16. The van der Waals surface area contributed by atoms with Gasteiger partial charge in [-0.25, -0.2) is 0 Å². The smallest absolute Gasteiger partial charge is 0.217 e. The molecule has 0 aromatic rings. The van der Waals surface area contributed by atoms with E-state index in [2.05, 4.69) is 0 Å². The predicted octanol–water partition coefficient (Wildman–Crippen LogP) is 0.0972. The van der Waals surface area contributed by atoms with E-state index in [0.29, 0.717) is 23.3 Å². The molecule has 0 unspecified atom stereocenters. The zero-order chi connectivity index (χ0) is 9.68. The van der Waals surface area contributed by atoms with Crippen molar-refractivity contribution in [2.45, 2.75) is 6.42 Å². The molecule has 0 spiro atoms. The molecule has 0 aliphatic heterocycles. The summed E-state index contributed by atoms with van der Waals surface area (Å²) in [6, 6.07) is 0. The topological polar surface area (TPSA) is 60.4 Å². The molecule has 0 atom stereocenters. The summed E-state index contributed by atoms with van der Waals surface area (Å²) < 4.78 is 25.9.